The fraction of sp³-hybridized carbons (Fsp3) is 0.500. The number of carbonyl (C=O) groups excluding carboxylic acids is 1. The summed E-state index contributed by atoms with van der Waals surface area (Å²) < 4.78 is 0. The average molecular weight is 264 g/mol. The van der Waals surface area contributed by atoms with E-state index in [0.717, 1.165) is 25.9 Å². The number of carboxylic acid groups (broad SMARTS) is 1. The maximum absolute atomic E-state index is 11.3. The second-order valence-electron chi connectivity index (χ2n) is 4.45. The fourth-order valence-electron chi connectivity index (χ4n) is 2.09. The van der Waals surface area contributed by atoms with Gasteiger partial charge in [-0.15, -0.1) is 0 Å². The number of piperidine rings is 1. The highest BCUT2D eigenvalue weighted by molar-refractivity contribution is 5.93. The van der Waals surface area contributed by atoms with Gasteiger partial charge in [0.05, 0.1) is 0 Å². The van der Waals surface area contributed by atoms with E-state index in [2.05, 4.69) is 20.2 Å². The molecule has 1 aromatic rings. The quantitative estimate of drug-likeness (QED) is 0.745. The molecular weight excluding hydrogens is 248 g/mol. The molecule has 1 amide bonds. The summed E-state index contributed by atoms with van der Waals surface area (Å²) in [6.07, 6.45) is 4.46. The van der Waals surface area contributed by atoms with Crippen LogP contribution in [-0.2, 0) is 9.59 Å². The molecule has 7 nitrogen and oxygen atoms in total. The van der Waals surface area contributed by atoms with Gasteiger partial charge in [-0.3, -0.25) is 9.59 Å². The van der Waals surface area contributed by atoms with E-state index >= 15 is 0 Å². The van der Waals surface area contributed by atoms with Crippen molar-refractivity contribution in [1.82, 2.24) is 15.3 Å². The van der Waals surface area contributed by atoms with Gasteiger partial charge in [-0.2, -0.15) is 0 Å². The standard InChI is InChI=1S/C12H16N4O3/c17-10(8-11(18)19)15-9-2-6-16(7-3-9)12-13-4-1-5-14-12/h1,4-5,9H,2-3,6-8H2,(H,15,17)(H,18,19). The molecule has 2 N–H and O–H groups in total. The Balaban J connectivity index is 1.80. The number of aromatic nitrogens is 2. The van der Waals surface area contributed by atoms with Crippen LogP contribution in [0.25, 0.3) is 0 Å². The van der Waals surface area contributed by atoms with Crippen LogP contribution in [0.5, 0.6) is 0 Å². The summed E-state index contributed by atoms with van der Waals surface area (Å²) >= 11 is 0. The lowest BCUT2D eigenvalue weighted by Gasteiger charge is -2.32. The number of nitrogens with one attached hydrogen (secondary N) is 1. The summed E-state index contributed by atoms with van der Waals surface area (Å²) in [5.41, 5.74) is 0. The van der Waals surface area contributed by atoms with Gasteiger partial charge in [0.15, 0.2) is 0 Å². The minimum atomic E-state index is -1.10. The number of hydrogen-bond donors (Lipinski definition) is 2. The van der Waals surface area contributed by atoms with Gasteiger partial charge in [0.1, 0.15) is 6.42 Å². The Morgan fingerprint density at radius 1 is 1.32 bits per heavy atom. The molecule has 0 aromatic carbocycles. The summed E-state index contributed by atoms with van der Waals surface area (Å²) in [4.78, 5) is 32.2. The van der Waals surface area contributed by atoms with Crippen LogP contribution < -0.4 is 10.2 Å². The van der Waals surface area contributed by atoms with Gasteiger partial charge in [-0.25, -0.2) is 9.97 Å². The largest absolute Gasteiger partial charge is 0.481 e. The van der Waals surface area contributed by atoms with Gasteiger partial charge in [0.25, 0.3) is 0 Å². The van der Waals surface area contributed by atoms with Crippen LogP contribution in [0.2, 0.25) is 0 Å². The number of nitrogens with zero attached hydrogens (tertiary/aromatic N) is 3. The van der Waals surface area contributed by atoms with Gasteiger partial charge in [0.2, 0.25) is 11.9 Å². The van der Waals surface area contributed by atoms with Crippen molar-refractivity contribution in [2.45, 2.75) is 25.3 Å². The lowest BCUT2D eigenvalue weighted by Crippen LogP contribution is -2.45. The smallest absolute Gasteiger partial charge is 0.312 e. The molecular formula is C12H16N4O3. The molecule has 2 rings (SSSR count). The topological polar surface area (TPSA) is 95.4 Å². The average Bonchev–Trinajstić information content (AvgIpc) is 2.39. The van der Waals surface area contributed by atoms with Crippen molar-refractivity contribution in [2.24, 2.45) is 0 Å². The molecule has 0 radical (unpaired) electrons. The molecule has 102 valence electrons. The third-order valence-electron chi connectivity index (χ3n) is 3.01. The van der Waals surface area contributed by atoms with E-state index < -0.39 is 18.3 Å². The zero-order chi connectivity index (χ0) is 13.7. The Hall–Kier alpha value is -2.18. The highest BCUT2D eigenvalue weighted by atomic mass is 16.4. The number of rotatable bonds is 4. The molecule has 0 aliphatic carbocycles. The Morgan fingerprint density at radius 3 is 2.53 bits per heavy atom. The lowest BCUT2D eigenvalue weighted by atomic mass is 10.1. The highest BCUT2D eigenvalue weighted by Crippen LogP contribution is 2.15. The number of carboxylic acids is 1. The zero-order valence-electron chi connectivity index (χ0n) is 10.5. The Morgan fingerprint density at radius 2 is 1.95 bits per heavy atom. The summed E-state index contributed by atoms with van der Waals surface area (Å²) in [6, 6.07) is 1.80. The van der Waals surface area contributed by atoms with E-state index in [1.54, 1.807) is 18.5 Å². The second kappa shape index (κ2) is 6.12. The van der Waals surface area contributed by atoms with Crippen molar-refractivity contribution in [3.8, 4) is 0 Å². The van der Waals surface area contributed by atoms with Crippen molar-refractivity contribution in [2.75, 3.05) is 18.0 Å². The van der Waals surface area contributed by atoms with Crippen LogP contribution in [0.15, 0.2) is 18.5 Å². The predicted octanol–water partition coefficient (Wildman–Crippen LogP) is 0.0363. The first kappa shape index (κ1) is 13.3. The van der Waals surface area contributed by atoms with Crippen LogP contribution in [0, 0.1) is 0 Å². The van der Waals surface area contributed by atoms with Crippen LogP contribution in [0.4, 0.5) is 5.95 Å². The molecule has 2 heterocycles. The van der Waals surface area contributed by atoms with Crippen molar-refractivity contribution in [3.63, 3.8) is 0 Å². The van der Waals surface area contributed by atoms with Gasteiger partial charge in [-0.05, 0) is 18.9 Å². The molecule has 1 aliphatic heterocycles. The molecule has 1 aliphatic rings. The minimum absolute atomic E-state index is 0.0341. The Kier molecular flexibility index (Phi) is 4.27. The number of hydrogen-bond acceptors (Lipinski definition) is 5. The molecule has 0 atom stereocenters. The van der Waals surface area contributed by atoms with Crippen LogP contribution >= 0.6 is 0 Å². The molecule has 0 saturated carbocycles. The summed E-state index contributed by atoms with van der Waals surface area (Å²) in [6.45, 7) is 1.50. The van der Waals surface area contributed by atoms with Crippen LogP contribution in [-0.4, -0.2) is 46.1 Å². The van der Waals surface area contributed by atoms with E-state index in [-0.39, 0.29) is 6.04 Å². The zero-order valence-corrected chi connectivity index (χ0v) is 10.5. The summed E-state index contributed by atoms with van der Waals surface area (Å²) in [5, 5.41) is 11.3. The first-order valence-electron chi connectivity index (χ1n) is 6.18. The molecule has 1 aromatic heterocycles. The number of carbonyl (C=O) groups is 2. The monoisotopic (exact) mass is 264 g/mol. The molecule has 19 heavy (non-hydrogen) atoms. The van der Waals surface area contributed by atoms with Crippen LogP contribution in [0.3, 0.4) is 0 Å². The van der Waals surface area contributed by atoms with E-state index in [1.807, 2.05) is 0 Å². The first-order chi connectivity index (χ1) is 9.15. The number of amides is 1. The molecule has 7 heteroatoms. The highest BCUT2D eigenvalue weighted by Gasteiger charge is 2.22. The maximum Gasteiger partial charge on any atom is 0.312 e. The minimum Gasteiger partial charge on any atom is -0.481 e. The molecule has 0 spiro atoms. The number of aliphatic carboxylic acids is 1. The molecule has 0 unspecified atom stereocenters. The van der Waals surface area contributed by atoms with Crippen LogP contribution in [0.1, 0.15) is 19.3 Å². The molecule has 1 saturated heterocycles. The predicted molar refractivity (Wildman–Crippen MR) is 67.7 cm³/mol. The van der Waals surface area contributed by atoms with E-state index in [9.17, 15) is 9.59 Å². The van der Waals surface area contributed by atoms with Gasteiger partial charge < -0.3 is 15.3 Å². The molecule has 1 fully saturated rings. The Labute approximate surface area is 110 Å². The van der Waals surface area contributed by atoms with Crippen molar-refractivity contribution >= 4 is 17.8 Å². The van der Waals surface area contributed by atoms with Gasteiger partial charge in [-0.1, -0.05) is 0 Å². The fourth-order valence-corrected chi connectivity index (χ4v) is 2.09. The van der Waals surface area contributed by atoms with Crippen molar-refractivity contribution < 1.29 is 14.7 Å². The third-order valence-corrected chi connectivity index (χ3v) is 3.01. The summed E-state index contributed by atoms with van der Waals surface area (Å²) in [5.74, 6) is -0.840. The number of anilines is 1. The normalized spacial score (nSPS) is 16.1. The lowest BCUT2D eigenvalue weighted by molar-refractivity contribution is -0.140. The third kappa shape index (κ3) is 3.90. The molecule has 0 bridgehead atoms. The SMILES string of the molecule is O=C(O)CC(=O)NC1CCN(c2ncccn2)CC1. The Bertz CT molecular complexity index is 444. The first-order valence-corrected chi connectivity index (χ1v) is 6.18. The van der Waals surface area contributed by atoms with Crippen molar-refractivity contribution in [1.29, 1.82) is 0 Å². The maximum atomic E-state index is 11.3. The van der Waals surface area contributed by atoms with E-state index in [4.69, 9.17) is 5.11 Å². The summed E-state index contributed by atoms with van der Waals surface area (Å²) in [7, 11) is 0. The van der Waals surface area contributed by atoms with E-state index in [0.29, 0.717) is 5.95 Å². The van der Waals surface area contributed by atoms with Gasteiger partial charge in [0, 0.05) is 31.5 Å². The second-order valence-corrected chi connectivity index (χ2v) is 4.45. The van der Waals surface area contributed by atoms with E-state index in [1.165, 1.54) is 0 Å². The van der Waals surface area contributed by atoms with Gasteiger partial charge >= 0.3 is 5.97 Å². The van der Waals surface area contributed by atoms with Crippen molar-refractivity contribution in [3.05, 3.63) is 18.5 Å².